The van der Waals surface area contributed by atoms with Gasteiger partial charge in [-0.2, -0.15) is 0 Å². The summed E-state index contributed by atoms with van der Waals surface area (Å²) in [5.41, 5.74) is 1.03. The number of nitrogens with one attached hydrogen (secondary N) is 1. The molecule has 1 aromatic heterocycles. The number of anilines is 1. The summed E-state index contributed by atoms with van der Waals surface area (Å²) in [5.74, 6) is -1.40. The van der Waals surface area contributed by atoms with Crippen LogP contribution in [0, 0.1) is 6.92 Å². The molecule has 6 heteroatoms. The Morgan fingerprint density at radius 1 is 1.44 bits per heavy atom. The number of carboxylic acid groups (broad SMARTS) is 1. The van der Waals surface area contributed by atoms with Gasteiger partial charge < -0.3 is 5.11 Å². The van der Waals surface area contributed by atoms with E-state index in [0.29, 0.717) is 17.7 Å². The van der Waals surface area contributed by atoms with E-state index in [4.69, 9.17) is 5.11 Å². The zero-order valence-electron chi connectivity index (χ0n) is 8.52. The maximum atomic E-state index is 11.4. The van der Waals surface area contributed by atoms with Crippen LogP contribution in [-0.4, -0.2) is 27.0 Å². The Labute approximate surface area is 91.0 Å². The summed E-state index contributed by atoms with van der Waals surface area (Å²) in [6.07, 6.45) is 2.44. The van der Waals surface area contributed by atoms with Gasteiger partial charge in [-0.15, -0.1) is 0 Å². The number of carbonyl (C=O) groups is 2. The SMILES string of the molecule is Cc1cc(C(=O)O)nc(NC(=O)C2=CC2)n1. The highest BCUT2D eigenvalue weighted by Gasteiger charge is 2.18. The van der Waals surface area contributed by atoms with Crippen LogP contribution < -0.4 is 5.32 Å². The summed E-state index contributed by atoms with van der Waals surface area (Å²) >= 11 is 0. The van der Waals surface area contributed by atoms with Gasteiger partial charge in [0.05, 0.1) is 0 Å². The molecule has 0 saturated heterocycles. The van der Waals surface area contributed by atoms with Crippen molar-refractivity contribution in [2.75, 3.05) is 5.32 Å². The van der Waals surface area contributed by atoms with Gasteiger partial charge in [0.15, 0.2) is 5.69 Å². The van der Waals surface area contributed by atoms with E-state index in [9.17, 15) is 9.59 Å². The monoisotopic (exact) mass is 219 g/mol. The summed E-state index contributed by atoms with van der Waals surface area (Å²) in [4.78, 5) is 29.7. The molecule has 0 unspecified atom stereocenters. The Morgan fingerprint density at radius 2 is 2.12 bits per heavy atom. The molecule has 82 valence electrons. The number of allylic oxidation sites excluding steroid dienone is 1. The van der Waals surface area contributed by atoms with Gasteiger partial charge in [-0.05, 0) is 19.4 Å². The molecule has 0 fully saturated rings. The van der Waals surface area contributed by atoms with E-state index in [0.717, 1.165) is 0 Å². The van der Waals surface area contributed by atoms with Crippen molar-refractivity contribution in [2.24, 2.45) is 0 Å². The molecule has 0 bridgehead atoms. The number of carbonyl (C=O) groups excluding carboxylic acids is 1. The van der Waals surface area contributed by atoms with Gasteiger partial charge in [0.25, 0.3) is 5.91 Å². The predicted octanol–water partition coefficient (Wildman–Crippen LogP) is 0.752. The number of hydrogen-bond acceptors (Lipinski definition) is 4. The van der Waals surface area contributed by atoms with Crippen molar-refractivity contribution in [3.8, 4) is 0 Å². The molecule has 0 atom stereocenters. The third-order valence-corrected chi connectivity index (χ3v) is 2.00. The maximum Gasteiger partial charge on any atom is 0.354 e. The van der Waals surface area contributed by atoms with Gasteiger partial charge in [0.1, 0.15) is 0 Å². The lowest BCUT2D eigenvalue weighted by molar-refractivity contribution is -0.112. The second kappa shape index (κ2) is 3.73. The standard InChI is InChI=1S/C10H9N3O3/c1-5-4-7(9(15)16)12-10(11-5)13-8(14)6-2-3-6/h2,4H,3H2,1H3,(H,15,16)(H,11,12,13,14). The molecule has 2 N–H and O–H groups in total. The van der Waals surface area contributed by atoms with Crippen molar-refractivity contribution >= 4 is 17.8 Å². The highest BCUT2D eigenvalue weighted by Crippen LogP contribution is 2.19. The van der Waals surface area contributed by atoms with Crippen LogP contribution in [0.3, 0.4) is 0 Å². The first-order chi connectivity index (χ1) is 7.56. The summed E-state index contributed by atoms with van der Waals surface area (Å²) in [6, 6.07) is 1.34. The van der Waals surface area contributed by atoms with Gasteiger partial charge in [0.2, 0.25) is 5.95 Å². The van der Waals surface area contributed by atoms with Crippen molar-refractivity contribution in [3.63, 3.8) is 0 Å². The number of nitrogens with zero attached hydrogens (tertiary/aromatic N) is 2. The Bertz CT molecular complexity index is 508. The van der Waals surface area contributed by atoms with Crippen LogP contribution >= 0.6 is 0 Å². The summed E-state index contributed by atoms with van der Waals surface area (Å²) in [5, 5.41) is 11.2. The van der Waals surface area contributed by atoms with Crippen molar-refractivity contribution in [2.45, 2.75) is 13.3 Å². The van der Waals surface area contributed by atoms with Crippen LogP contribution in [0.15, 0.2) is 17.7 Å². The highest BCUT2D eigenvalue weighted by atomic mass is 16.4. The Hall–Kier alpha value is -2.24. The number of carboxylic acids is 1. The molecular formula is C10H9N3O3. The van der Waals surface area contributed by atoms with Crippen molar-refractivity contribution in [1.82, 2.24) is 9.97 Å². The first kappa shape index (κ1) is 10.3. The van der Waals surface area contributed by atoms with Crippen LogP contribution in [0.4, 0.5) is 5.95 Å². The van der Waals surface area contributed by atoms with E-state index in [1.54, 1.807) is 13.0 Å². The number of aromatic nitrogens is 2. The maximum absolute atomic E-state index is 11.4. The minimum absolute atomic E-state index is 0.0233. The number of hydrogen-bond donors (Lipinski definition) is 2. The van der Waals surface area contributed by atoms with E-state index in [1.165, 1.54) is 6.07 Å². The Morgan fingerprint density at radius 3 is 2.69 bits per heavy atom. The van der Waals surface area contributed by atoms with E-state index >= 15 is 0 Å². The smallest absolute Gasteiger partial charge is 0.354 e. The lowest BCUT2D eigenvalue weighted by Gasteiger charge is -2.03. The zero-order valence-corrected chi connectivity index (χ0v) is 8.52. The van der Waals surface area contributed by atoms with E-state index in [1.807, 2.05) is 0 Å². The van der Waals surface area contributed by atoms with Gasteiger partial charge in [0, 0.05) is 11.3 Å². The molecule has 1 aliphatic carbocycles. The average molecular weight is 219 g/mol. The molecule has 0 aliphatic heterocycles. The molecular weight excluding hydrogens is 210 g/mol. The molecule has 1 amide bonds. The van der Waals surface area contributed by atoms with Crippen LogP contribution in [0.2, 0.25) is 0 Å². The number of aromatic carboxylic acids is 1. The molecule has 0 radical (unpaired) electrons. The topological polar surface area (TPSA) is 92.2 Å². The average Bonchev–Trinajstić information content (AvgIpc) is 2.99. The summed E-state index contributed by atoms with van der Waals surface area (Å²) in [6.45, 7) is 1.64. The first-order valence-corrected chi connectivity index (χ1v) is 4.65. The molecule has 2 rings (SSSR count). The normalized spacial score (nSPS) is 12.9. The highest BCUT2D eigenvalue weighted by molar-refractivity contribution is 6.06. The van der Waals surface area contributed by atoms with E-state index in [-0.39, 0.29) is 17.5 Å². The molecule has 1 aromatic rings. The predicted molar refractivity (Wildman–Crippen MR) is 55.1 cm³/mol. The minimum Gasteiger partial charge on any atom is -0.477 e. The molecule has 6 nitrogen and oxygen atoms in total. The third kappa shape index (κ3) is 2.22. The van der Waals surface area contributed by atoms with Crippen molar-refractivity contribution in [1.29, 1.82) is 0 Å². The summed E-state index contributed by atoms with van der Waals surface area (Å²) < 4.78 is 0. The number of aryl methyl sites for hydroxylation is 1. The largest absolute Gasteiger partial charge is 0.477 e. The molecule has 16 heavy (non-hydrogen) atoms. The first-order valence-electron chi connectivity index (χ1n) is 4.65. The van der Waals surface area contributed by atoms with Crippen LogP contribution in [0.1, 0.15) is 22.6 Å². The van der Waals surface area contributed by atoms with Crippen LogP contribution in [0.5, 0.6) is 0 Å². The van der Waals surface area contributed by atoms with E-state index in [2.05, 4.69) is 15.3 Å². The minimum atomic E-state index is -1.15. The Kier molecular flexibility index (Phi) is 2.40. The zero-order chi connectivity index (χ0) is 11.7. The molecule has 0 spiro atoms. The van der Waals surface area contributed by atoms with E-state index < -0.39 is 5.97 Å². The second-order valence-electron chi connectivity index (χ2n) is 3.41. The van der Waals surface area contributed by atoms with Crippen molar-refractivity contribution in [3.05, 3.63) is 29.1 Å². The lowest BCUT2D eigenvalue weighted by atomic mass is 10.3. The van der Waals surface area contributed by atoms with Crippen LogP contribution in [-0.2, 0) is 4.79 Å². The molecule has 0 aromatic carbocycles. The number of amides is 1. The third-order valence-electron chi connectivity index (χ3n) is 2.00. The second-order valence-corrected chi connectivity index (χ2v) is 3.41. The molecule has 1 heterocycles. The summed E-state index contributed by atoms with van der Waals surface area (Å²) in [7, 11) is 0. The van der Waals surface area contributed by atoms with Gasteiger partial charge in [-0.3, -0.25) is 10.1 Å². The molecule has 0 saturated carbocycles. The quantitative estimate of drug-likeness (QED) is 0.782. The van der Waals surface area contributed by atoms with Crippen LogP contribution in [0.25, 0.3) is 0 Å². The van der Waals surface area contributed by atoms with Gasteiger partial charge >= 0.3 is 5.97 Å². The van der Waals surface area contributed by atoms with Gasteiger partial charge in [-0.25, -0.2) is 14.8 Å². The fourth-order valence-corrected chi connectivity index (χ4v) is 1.15. The molecule has 1 aliphatic rings. The fraction of sp³-hybridized carbons (Fsp3) is 0.200. The number of rotatable bonds is 3. The lowest BCUT2D eigenvalue weighted by Crippen LogP contribution is -2.14. The fourth-order valence-electron chi connectivity index (χ4n) is 1.15. The van der Waals surface area contributed by atoms with Gasteiger partial charge in [-0.1, -0.05) is 6.08 Å². The van der Waals surface area contributed by atoms with Crippen molar-refractivity contribution < 1.29 is 14.7 Å². The Balaban J connectivity index is 2.22.